The van der Waals surface area contributed by atoms with Crippen LogP contribution in [-0.4, -0.2) is 0 Å². The Morgan fingerprint density at radius 3 is 0.439 bits per heavy atom. The summed E-state index contributed by atoms with van der Waals surface area (Å²) in [5.74, 6) is 0.832. The highest BCUT2D eigenvalue weighted by molar-refractivity contribution is 7.79. The molecule has 114 heavy (non-hydrogen) atoms. The normalized spacial score (nSPS) is 16.2. The highest BCUT2D eigenvalue weighted by atomic mass is 31.3. The van der Waals surface area contributed by atoms with E-state index in [1.807, 2.05) is 187 Å². The van der Waals surface area contributed by atoms with Crippen molar-refractivity contribution in [2.24, 2.45) is 13.5 Å². The van der Waals surface area contributed by atoms with Gasteiger partial charge in [0.2, 0.25) is 0 Å². The fourth-order valence-electron chi connectivity index (χ4n) is 11.8. The van der Waals surface area contributed by atoms with E-state index >= 15 is 0 Å². The molecular weight excluding hydrogens is 1470 g/mol. The van der Waals surface area contributed by atoms with Crippen molar-refractivity contribution in [3.63, 3.8) is 0 Å². The SMILES string of the molecule is Cc1ccc(/C=C(\C#N)c2ccc(OP3(Oc4ccc(/C(C#N)=C\c5ccc(C)cc5)cc4)=NP(Oc4ccc(/C(C#N)=C/c5ccc(C)cc5)cc4)(Oc4ccc(/C(C#N)=C\c5ccc(C)cc5)cc4)=NP(Oc4ccc(/C(C#N)=C/c5ccc(C)cc5)cc4)(Oc4ccc(/C(C#N)=C\c5ccc(C)cc5)cc4)=N3)cc2)cc1. The van der Waals surface area contributed by atoms with Gasteiger partial charge in [-0.05, 0) is 290 Å². The Kier molecular flexibility index (Phi) is 24.2. The van der Waals surface area contributed by atoms with Gasteiger partial charge in [-0.15, -0.1) is 0 Å². The zero-order valence-corrected chi connectivity index (χ0v) is 65.7. The standard InChI is InChI=1S/C96H72N9O6P3/c1-67-7-19-73(20-8-67)55-85(61-97)79-31-43-91(44-32-79)106-112(107-92-45-33-80(34-46-92)86(62-98)56-74-21-9-68(2)10-22-74)103-113(108-93-47-35-81(36-48-93)87(63-99)57-75-23-11-69(3)12-24-75,109-94-49-37-82(38-50-94)88(64-100)58-76-25-13-70(4)14-26-76)105-114(104-112,110-95-51-39-83(40-52-95)89(65-101)59-77-27-15-71(5)16-28-77)111-96-53-41-84(42-54-96)90(66-102)60-78-29-17-72(6)18-30-78/h7-60H,1-6H3/b85-55-,86-56+,87-57-,88-58+,89-59-,90-60+. The summed E-state index contributed by atoms with van der Waals surface area (Å²) in [6, 6.07) is 102. The van der Waals surface area contributed by atoms with Crippen molar-refractivity contribution < 1.29 is 27.1 Å². The lowest BCUT2D eigenvalue weighted by atomic mass is 10.0. The third-order valence-corrected chi connectivity index (χ3v) is 26.2. The predicted molar refractivity (Wildman–Crippen MR) is 458 cm³/mol. The molecule has 0 fully saturated rings. The predicted octanol–water partition coefficient (Wildman–Crippen LogP) is 26.5. The van der Waals surface area contributed by atoms with E-state index in [4.69, 9.17) is 40.7 Å². The molecular formula is C96H72N9O6P3. The first kappa shape index (κ1) is 77.7. The molecule has 552 valence electrons. The van der Waals surface area contributed by atoms with Crippen LogP contribution in [-0.2, 0) is 0 Å². The quantitative estimate of drug-likeness (QED) is 0.0312. The Hall–Kier alpha value is -14.5. The second-order valence-electron chi connectivity index (χ2n) is 26.9. The Morgan fingerprint density at radius 2 is 0.325 bits per heavy atom. The lowest BCUT2D eigenvalue weighted by molar-refractivity contribution is 0.443. The molecule has 15 nitrogen and oxygen atoms in total. The van der Waals surface area contributed by atoms with Gasteiger partial charge in [0.1, 0.15) is 34.5 Å². The zero-order valence-electron chi connectivity index (χ0n) is 63.0. The number of allylic oxidation sites excluding steroid dienone is 6. The van der Waals surface area contributed by atoms with Gasteiger partial charge in [0.05, 0.1) is 69.9 Å². The van der Waals surface area contributed by atoms with Crippen molar-refractivity contribution in [1.29, 1.82) is 31.6 Å². The first-order valence-corrected chi connectivity index (χ1v) is 40.8. The van der Waals surface area contributed by atoms with Gasteiger partial charge in [-0.25, -0.2) is 0 Å². The second-order valence-corrected chi connectivity index (χ2v) is 33.1. The molecule has 0 atom stereocenters. The fourth-order valence-corrected chi connectivity index (χ4v) is 20.9. The number of nitrogens with zero attached hydrogens (tertiary/aromatic N) is 9. The van der Waals surface area contributed by atoms with Gasteiger partial charge in [-0.1, -0.05) is 193 Å². The van der Waals surface area contributed by atoms with Crippen LogP contribution in [0.25, 0.3) is 69.9 Å². The van der Waals surface area contributed by atoms with Crippen LogP contribution >= 0.6 is 23.0 Å². The monoisotopic (exact) mass is 1540 g/mol. The molecule has 0 amide bonds. The summed E-state index contributed by atoms with van der Waals surface area (Å²) < 4.78 is 61.1. The summed E-state index contributed by atoms with van der Waals surface area (Å²) in [5.41, 5.74) is 16.7. The van der Waals surface area contributed by atoms with Crippen LogP contribution in [0.5, 0.6) is 34.5 Å². The minimum atomic E-state index is -4.74. The molecule has 1 heterocycles. The van der Waals surface area contributed by atoms with Gasteiger partial charge >= 0.3 is 23.0 Å². The van der Waals surface area contributed by atoms with E-state index in [0.717, 1.165) is 66.8 Å². The summed E-state index contributed by atoms with van der Waals surface area (Å²) in [6.45, 7) is 12.0. The molecule has 12 aromatic rings. The van der Waals surface area contributed by atoms with Gasteiger partial charge in [0, 0.05) is 0 Å². The maximum atomic E-state index is 10.7. The van der Waals surface area contributed by atoms with Crippen LogP contribution in [0.15, 0.2) is 305 Å². The molecule has 13 rings (SSSR count). The Bertz CT molecular complexity index is 5240. The van der Waals surface area contributed by atoms with Crippen LogP contribution in [0, 0.1) is 110 Å². The summed E-state index contributed by atoms with van der Waals surface area (Å²) in [6.07, 6.45) is 10.8. The van der Waals surface area contributed by atoms with E-state index in [-0.39, 0.29) is 34.5 Å². The summed E-state index contributed by atoms with van der Waals surface area (Å²) in [4.78, 5) is 0. The average molecular weight is 1540 g/mol. The maximum absolute atomic E-state index is 10.7. The number of hydrogen-bond acceptors (Lipinski definition) is 15. The third-order valence-electron chi connectivity index (χ3n) is 18.1. The molecule has 0 unspecified atom stereocenters. The molecule has 0 bridgehead atoms. The molecule has 0 radical (unpaired) electrons. The van der Waals surface area contributed by atoms with E-state index in [2.05, 4.69) is 36.4 Å². The van der Waals surface area contributed by atoms with Crippen molar-refractivity contribution in [2.75, 3.05) is 0 Å². The van der Waals surface area contributed by atoms with Gasteiger partial charge in [-0.2, -0.15) is 31.6 Å². The van der Waals surface area contributed by atoms with Crippen molar-refractivity contribution >= 4 is 92.9 Å². The molecule has 12 aromatic carbocycles. The molecule has 0 saturated carbocycles. The van der Waals surface area contributed by atoms with Crippen molar-refractivity contribution in [3.05, 3.63) is 391 Å². The molecule has 0 aromatic heterocycles. The minimum Gasteiger partial charge on any atom is -0.413 e. The summed E-state index contributed by atoms with van der Waals surface area (Å²) in [5, 5.41) is 64.4. The lowest BCUT2D eigenvalue weighted by Gasteiger charge is -2.33. The fraction of sp³-hybridized carbons (Fsp3) is 0.0625. The van der Waals surface area contributed by atoms with Crippen LogP contribution in [0.2, 0.25) is 0 Å². The van der Waals surface area contributed by atoms with Gasteiger partial charge < -0.3 is 27.1 Å². The van der Waals surface area contributed by atoms with E-state index in [1.54, 1.807) is 182 Å². The number of hydrogen-bond donors (Lipinski definition) is 0. The summed E-state index contributed by atoms with van der Waals surface area (Å²) >= 11 is 0. The smallest absolute Gasteiger partial charge is 0.413 e. The third kappa shape index (κ3) is 19.9. The van der Waals surface area contributed by atoms with Crippen molar-refractivity contribution in [1.82, 2.24) is 0 Å². The Labute approximate surface area is 664 Å². The first-order valence-electron chi connectivity index (χ1n) is 36.2. The largest absolute Gasteiger partial charge is 0.460 e. The number of rotatable bonds is 24. The Balaban J connectivity index is 1.07. The van der Waals surface area contributed by atoms with E-state index in [9.17, 15) is 31.6 Å². The van der Waals surface area contributed by atoms with Crippen LogP contribution in [0.4, 0.5) is 0 Å². The second kappa shape index (κ2) is 35.5. The highest BCUT2D eigenvalue weighted by Gasteiger charge is 2.49. The molecule has 1 aliphatic rings. The van der Waals surface area contributed by atoms with E-state index in [1.165, 1.54) is 0 Å². The lowest BCUT2D eigenvalue weighted by Crippen LogP contribution is -2.11. The van der Waals surface area contributed by atoms with E-state index in [0.29, 0.717) is 66.8 Å². The maximum Gasteiger partial charge on any atom is 0.460 e. The van der Waals surface area contributed by atoms with Crippen LogP contribution in [0.3, 0.4) is 0 Å². The minimum absolute atomic E-state index is 0.139. The molecule has 1 aliphatic heterocycles. The highest BCUT2D eigenvalue weighted by Crippen LogP contribution is 2.79. The molecule has 0 N–H and O–H groups in total. The van der Waals surface area contributed by atoms with Gasteiger partial charge in [0.25, 0.3) is 0 Å². The first-order chi connectivity index (χ1) is 55.3. The number of aryl methyl sites for hydroxylation is 6. The van der Waals surface area contributed by atoms with Crippen molar-refractivity contribution in [3.8, 4) is 70.9 Å². The molecule has 18 heteroatoms. The van der Waals surface area contributed by atoms with Gasteiger partial charge in [-0.3, -0.25) is 0 Å². The zero-order chi connectivity index (χ0) is 79.6. The average Bonchev–Trinajstić information content (AvgIpc) is 0.728. The number of benzene rings is 12. The van der Waals surface area contributed by atoms with Gasteiger partial charge in [0.15, 0.2) is 0 Å². The topological polar surface area (TPSA) is 235 Å². The molecule has 0 spiro atoms. The van der Waals surface area contributed by atoms with Crippen LogP contribution < -0.4 is 27.1 Å². The van der Waals surface area contributed by atoms with Crippen LogP contribution in [0.1, 0.15) is 100 Å². The molecule has 0 saturated heterocycles. The molecule has 0 aliphatic carbocycles. The van der Waals surface area contributed by atoms with E-state index < -0.39 is 23.0 Å². The summed E-state index contributed by atoms with van der Waals surface area (Å²) in [7, 11) is -14.2. The number of nitriles is 6. The van der Waals surface area contributed by atoms with Crippen molar-refractivity contribution in [2.45, 2.75) is 41.5 Å². The Morgan fingerprint density at radius 1 is 0.202 bits per heavy atom.